The molecule has 0 saturated carbocycles. The maximum absolute atomic E-state index is 14.0. The number of carbonyl (C=O) groups is 4. The van der Waals surface area contributed by atoms with Crippen LogP contribution in [0.4, 0.5) is 0 Å². The Morgan fingerprint density at radius 1 is 0.771 bits per heavy atom. The lowest BCUT2D eigenvalue weighted by atomic mass is 9.97. The van der Waals surface area contributed by atoms with Gasteiger partial charge in [0.25, 0.3) is 5.56 Å². The minimum Gasteiger partial charge on any atom is -0.497 e. The van der Waals surface area contributed by atoms with Crippen LogP contribution < -0.4 is 15.0 Å². The van der Waals surface area contributed by atoms with Crippen molar-refractivity contribution in [2.75, 3.05) is 20.8 Å². The van der Waals surface area contributed by atoms with Crippen LogP contribution in [0.1, 0.15) is 45.2 Å². The summed E-state index contributed by atoms with van der Waals surface area (Å²) in [5.41, 5.74) is 0.510. The smallest absolute Gasteiger partial charge is 0.303 e. The van der Waals surface area contributed by atoms with E-state index in [4.69, 9.17) is 45.4 Å². The molecule has 5 atom stereocenters. The number of aromatic nitrogens is 3. The molecule has 0 N–H and O–H groups in total. The number of methoxy groups -OCH3 is 2. The molecule has 0 spiro atoms. The van der Waals surface area contributed by atoms with Gasteiger partial charge in [-0.1, -0.05) is 12.1 Å². The number of esters is 4. The van der Waals surface area contributed by atoms with Crippen molar-refractivity contribution in [1.29, 1.82) is 0 Å². The molecule has 4 rings (SSSR count). The molecule has 0 aliphatic carbocycles. The van der Waals surface area contributed by atoms with E-state index in [9.17, 15) is 24.0 Å². The van der Waals surface area contributed by atoms with Crippen molar-refractivity contribution in [2.24, 2.45) is 0 Å². The second-order valence-corrected chi connectivity index (χ2v) is 11.0. The van der Waals surface area contributed by atoms with Crippen molar-refractivity contribution < 1.29 is 52.3 Å². The summed E-state index contributed by atoms with van der Waals surface area (Å²) in [5.74, 6) is -1.93. The summed E-state index contributed by atoms with van der Waals surface area (Å²) in [7, 11) is 3.03. The van der Waals surface area contributed by atoms with Crippen LogP contribution in [0.5, 0.6) is 11.5 Å². The first-order valence-corrected chi connectivity index (χ1v) is 15.1. The summed E-state index contributed by atoms with van der Waals surface area (Å²) in [5, 5.41) is 4.59. The zero-order chi connectivity index (χ0) is 35.1. The largest absolute Gasteiger partial charge is 0.497 e. The van der Waals surface area contributed by atoms with Gasteiger partial charge in [-0.3, -0.25) is 28.5 Å². The van der Waals surface area contributed by atoms with Crippen molar-refractivity contribution in [3.8, 4) is 17.2 Å². The summed E-state index contributed by atoms with van der Waals surface area (Å²) in [4.78, 5) is 62.9. The quantitative estimate of drug-likeness (QED) is 0.164. The Morgan fingerprint density at radius 3 is 1.81 bits per heavy atom. The summed E-state index contributed by atoms with van der Waals surface area (Å²) >= 11 is 5.81. The highest BCUT2D eigenvalue weighted by Crippen LogP contribution is 2.35. The van der Waals surface area contributed by atoms with Gasteiger partial charge in [-0.15, -0.1) is 0 Å². The van der Waals surface area contributed by atoms with Crippen LogP contribution in [0.15, 0.2) is 53.3 Å². The first-order valence-electron chi connectivity index (χ1n) is 14.7. The number of carbonyl (C=O) groups excluding carboxylic acids is 4. The highest BCUT2D eigenvalue weighted by Gasteiger charge is 2.53. The topological polar surface area (TPSA) is 173 Å². The fourth-order valence-electron chi connectivity index (χ4n) is 5.11. The second-order valence-electron chi connectivity index (χ2n) is 10.6. The Hall–Kier alpha value is -5.09. The molecule has 2 aromatic carbocycles. The lowest BCUT2D eigenvalue weighted by molar-refractivity contribution is -0.271. The molecule has 2 heterocycles. The molecule has 48 heavy (non-hydrogen) atoms. The van der Waals surface area contributed by atoms with E-state index < -0.39 is 66.7 Å². The molecule has 15 nitrogen and oxygen atoms in total. The zero-order valence-corrected chi connectivity index (χ0v) is 27.9. The third-order valence-corrected chi connectivity index (χ3v) is 7.50. The lowest BCUT2D eigenvalue weighted by Gasteiger charge is -2.44. The SMILES string of the molecule is COc1ccc(Cc2nn([C@@H]3O[C@H](COC(C)=O)[C@@H](OC(C)=O)[C@H](OC(C)=O)[C@@H]3OC(C)=O)c(=S)n(-c3ccc(OC)cc3)c2=O)cc1. The second kappa shape index (κ2) is 15.7. The van der Waals surface area contributed by atoms with Gasteiger partial charge in [-0.25, -0.2) is 4.68 Å². The number of nitrogens with zero attached hydrogens (tertiary/aromatic N) is 3. The number of rotatable bonds is 11. The molecule has 1 aliphatic rings. The number of ether oxygens (including phenoxy) is 7. The predicted molar refractivity (Wildman–Crippen MR) is 168 cm³/mol. The average molecular weight is 686 g/mol. The van der Waals surface area contributed by atoms with Crippen molar-refractivity contribution in [1.82, 2.24) is 14.3 Å². The van der Waals surface area contributed by atoms with Crippen molar-refractivity contribution in [3.63, 3.8) is 0 Å². The summed E-state index contributed by atoms with van der Waals surface area (Å²) in [6, 6.07) is 13.5. The van der Waals surface area contributed by atoms with Crippen molar-refractivity contribution in [2.45, 2.75) is 64.8 Å². The Kier molecular flexibility index (Phi) is 11.7. The molecule has 1 aromatic heterocycles. The molecule has 3 aromatic rings. The van der Waals surface area contributed by atoms with Gasteiger partial charge in [0.2, 0.25) is 4.77 Å². The van der Waals surface area contributed by atoms with Gasteiger partial charge in [0.15, 0.2) is 24.5 Å². The molecule has 0 unspecified atom stereocenters. The van der Waals surface area contributed by atoms with Gasteiger partial charge < -0.3 is 33.2 Å². The fourth-order valence-corrected chi connectivity index (χ4v) is 5.44. The van der Waals surface area contributed by atoms with E-state index in [1.165, 1.54) is 25.7 Å². The van der Waals surface area contributed by atoms with Gasteiger partial charge in [0, 0.05) is 34.1 Å². The molecule has 0 bridgehead atoms. The summed E-state index contributed by atoms with van der Waals surface area (Å²) < 4.78 is 40.9. The zero-order valence-electron chi connectivity index (χ0n) is 27.1. The van der Waals surface area contributed by atoms with E-state index in [1.807, 2.05) is 0 Å². The molecule has 1 saturated heterocycles. The highest BCUT2D eigenvalue weighted by atomic mass is 32.1. The highest BCUT2D eigenvalue weighted by molar-refractivity contribution is 7.71. The predicted octanol–water partition coefficient (Wildman–Crippen LogP) is 2.63. The van der Waals surface area contributed by atoms with Gasteiger partial charge in [0.1, 0.15) is 29.9 Å². The standard InChI is InChI=1S/C32H35N3O12S/c1-17(36)43-16-26-27(44-18(2)37)28(45-19(3)38)29(46-20(4)39)31(47-26)35-32(48)34(22-9-13-24(42-6)14-10-22)30(40)25(33-35)15-21-7-11-23(41-5)12-8-21/h7-14,26-29,31H,15-16H2,1-6H3/t26-,27-,28+,29+,31-/m1/s1. The van der Waals surface area contributed by atoms with Crippen LogP contribution >= 0.6 is 12.2 Å². The van der Waals surface area contributed by atoms with E-state index in [1.54, 1.807) is 48.5 Å². The Bertz CT molecular complexity index is 1770. The molecule has 1 fully saturated rings. The van der Waals surface area contributed by atoms with E-state index in [2.05, 4.69) is 5.10 Å². The molecule has 16 heteroatoms. The third kappa shape index (κ3) is 8.43. The van der Waals surface area contributed by atoms with Crippen LogP contribution in [0.3, 0.4) is 0 Å². The van der Waals surface area contributed by atoms with E-state index in [0.29, 0.717) is 22.7 Å². The van der Waals surface area contributed by atoms with Crippen LogP contribution in [0, 0.1) is 4.77 Å². The van der Waals surface area contributed by atoms with Gasteiger partial charge >= 0.3 is 23.9 Å². The van der Waals surface area contributed by atoms with Crippen LogP contribution in [0.25, 0.3) is 5.69 Å². The fraction of sp³-hybridized carbons (Fsp3) is 0.406. The van der Waals surface area contributed by atoms with E-state index >= 15 is 0 Å². The average Bonchev–Trinajstić information content (AvgIpc) is 3.03. The molecular formula is C32H35N3O12S. The monoisotopic (exact) mass is 685 g/mol. The van der Waals surface area contributed by atoms with Crippen LogP contribution in [-0.2, 0) is 49.3 Å². The molecule has 1 aliphatic heterocycles. The molecule has 256 valence electrons. The summed E-state index contributed by atoms with van der Waals surface area (Å²) in [6.45, 7) is 4.06. The number of hydrogen-bond acceptors (Lipinski definition) is 14. The lowest BCUT2D eigenvalue weighted by Crippen LogP contribution is -2.61. The van der Waals surface area contributed by atoms with E-state index in [0.717, 1.165) is 25.5 Å². The first-order chi connectivity index (χ1) is 22.8. The molecular weight excluding hydrogens is 650 g/mol. The molecule has 0 amide bonds. The van der Waals surface area contributed by atoms with Crippen LogP contribution in [-0.4, -0.2) is 83.5 Å². The number of hydrogen-bond donors (Lipinski definition) is 0. The van der Waals surface area contributed by atoms with Gasteiger partial charge in [-0.05, 0) is 54.2 Å². The minimum atomic E-state index is -1.51. The van der Waals surface area contributed by atoms with Crippen molar-refractivity contribution >= 4 is 36.1 Å². The third-order valence-electron chi connectivity index (χ3n) is 7.13. The maximum atomic E-state index is 14.0. The Labute approximate surface area is 280 Å². The van der Waals surface area contributed by atoms with Crippen molar-refractivity contribution in [3.05, 3.63) is 74.9 Å². The first kappa shape index (κ1) is 35.8. The molecule has 0 radical (unpaired) electrons. The maximum Gasteiger partial charge on any atom is 0.303 e. The Balaban J connectivity index is 1.97. The van der Waals surface area contributed by atoms with E-state index in [-0.39, 0.29) is 16.9 Å². The van der Waals surface area contributed by atoms with Crippen LogP contribution in [0.2, 0.25) is 0 Å². The minimum absolute atomic E-state index is 0.0115. The van der Waals surface area contributed by atoms with Gasteiger partial charge in [-0.2, -0.15) is 5.10 Å². The summed E-state index contributed by atoms with van der Waals surface area (Å²) in [6.07, 6.45) is -7.12. The van der Waals surface area contributed by atoms with Gasteiger partial charge in [0.05, 0.1) is 19.9 Å². The normalized spacial score (nSPS) is 20.2. The number of benzene rings is 2. The Morgan fingerprint density at radius 2 is 1.29 bits per heavy atom.